The molecule has 2 aromatic rings. The molecule has 0 spiro atoms. The lowest BCUT2D eigenvalue weighted by Gasteiger charge is -2.05. The minimum atomic E-state index is -4.04. The van der Waals surface area contributed by atoms with Crippen LogP contribution in [0.4, 0.5) is 4.39 Å². The Labute approximate surface area is 119 Å². The van der Waals surface area contributed by atoms with Crippen LogP contribution < -0.4 is 5.14 Å². The Bertz CT molecular complexity index is 785. The summed E-state index contributed by atoms with van der Waals surface area (Å²) in [6, 6.07) is 4.15. The summed E-state index contributed by atoms with van der Waals surface area (Å²) < 4.78 is 45.6. The predicted octanol–water partition coefficient (Wildman–Crippen LogP) is 1.13. The number of nitrogens with zero attached hydrogens (tertiary/aromatic N) is 1. The van der Waals surface area contributed by atoms with Crippen LogP contribution in [0, 0.1) is 12.7 Å². The van der Waals surface area contributed by atoms with Crippen LogP contribution in [0.3, 0.4) is 0 Å². The van der Waals surface area contributed by atoms with Crippen LogP contribution in [-0.2, 0) is 21.4 Å². The first-order chi connectivity index (χ1) is 9.77. The molecule has 112 valence electrons. The molecule has 0 radical (unpaired) electrons. The molecule has 1 heterocycles. The van der Waals surface area contributed by atoms with E-state index in [1.54, 1.807) is 13.0 Å². The third kappa shape index (κ3) is 3.64. The van der Waals surface area contributed by atoms with Crippen molar-refractivity contribution in [2.75, 3.05) is 0 Å². The van der Waals surface area contributed by atoms with Crippen molar-refractivity contribution in [2.45, 2.75) is 18.4 Å². The van der Waals surface area contributed by atoms with Gasteiger partial charge in [0, 0.05) is 6.07 Å². The Morgan fingerprint density at radius 1 is 1.43 bits per heavy atom. The lowest BCUT2D eigenvalue weighted by Crippen LogP contribution is -2.14. The Morgan fingerprint density at radius 3 is 2.71 bits per heavy atom. The molecular formula is C12H11FN2O5S. The van der Waals surface area contributed by atoms with E-state index in [2.05, 4.69) is 5.16 Å². The van der Waals surface area contributed by atoms with Gasteiger partial charge in [0.05, 0.1) is 16.2 Å². The predicted molar refractivity (Wildman–Crippen MR) is 68.1 cm³/mol. The molecule has 0 aliphatic heterocycles. The van der Waals surface area contributed by atoms with Gasteiger partial charge in [0.25, 0.3) is 0 Å². The summed E-state index contributed by atoms with van der Waals surface area (Å²) in [6.45, 7) is 1.43. The Kier molecular flexibility index (Phi) is 4.05. The fraction of sp³-hybridized carbons (Fsp3) is 0.167. The number of primary sulfonamides is 1. The zero-order valence-electron chi connectivity index (χ0n) is 10.9. The summed E-state index contributed by atoms with van der Waals surface area (Å²) in [5.74, 6) is -1.67. The van der Waals surface area contributed by atoms with Crippen LogP contribution >= 0.6 is 0 Å². The number of sulfonamides is 1. The van der Waals surface area contributed by atoms with E-state index in [0.717, 1.165) is 18.2 Å². The first-order valence-corrected chi connectivity index (χ1v) is 7.23. The van der Waals surface area contributed by atoms with Gasteiger partial charge in [0.2, 0.25) is 10.0 Å². The van der Waals surface area contributed by atoms with Crippen molar-refractivity contribution >= 4 is 16.0 Å². The van der Waals surface area contributed by atoms with Gasteiger partial charge in [-0.2, -0.15) is 0 Å². The van der Waals surface area contributed by atoms with Gasteiger partial charge < -0.3 is 9.26 Å². The van der Waals surface area contributed by atoms with Gasteiger partial charge >= 0.3 is 5.97 Å². The minimum Gasteiger partial charge on any atom is -0.454 e. The number of benzene rings is 1. The molecule has 2 N–H and O–H groups in total. The summed E-state index contributed by atoms with van der Waals surface area (Å²) in [5, 5.41) is 8.51. The van der Waals surface area contributed by atoms with Gasteiger partial charge in [-0.1, -0.05) is 5.16 Å². The highest BCUT2D eigenvalue weighted by Gasteiger charge is 2.18. The van der Waals surface area contributed by atoms with Gasteiger partial charge in [-0.05, 0) is 25.1 Å². The quantitative estimate of drug-likeness (QED) is 0.846. The van der Waals surface area contributed by atoms with Gasteiger partial charge in [0.15, 0.2) is 12.4 Å². The molecule has 0 aliphatic carbocycles. The van der Waals surface area contributed by atoms with Crippen molar-refractivity contribution < 1.29 is 26.9 Å². The number of aryl methyl sites for hydroxylation is 1. The fourth-order valence-corrected chi connectivity index (χ4v) is 2.08. The molecule has 0 saturated carbocycles. The Balaban J connectivity index is 2.18. The van der Waals surface area contributed by atoms with E-state index in [1.165, 1.54) is 0 Å². The van der Waals surface area contributed by atoms with E-state index in [0.29, 0.717) is 5.69 Å². The average molecular weight is 314 g/mol. The number of ether oxygens (including phenoxy) is 1. The molecule has 0 amide bonds. The molecule has 9 heteroatoms. The highest BCUT2D eigenvalue weighted by molar-refractivity contribution is 7.89. The maximum absolute atomic E-state index is 13.6. The van der Waals surface area contributed by atoms with Crippen LogP contribution in [0.1, 0.15) is 21.8 Å². The van der Waals surface area contributed by atoms with Gasteiger partial charge in [0.1, 0.15) is 5.82 Å². The summed E-state index contributed by atoms with van der Waals surface area (Å²) in [4.78, 5) is 11.4. The second-order valence-corrected chi connectivity index (χ2v) is 5.76. The summed E-state index contributed by atoms with van der Waals surface area (Å²) in [6.07, 6.45) is 0. The van der Waals surface area contributed by atoms with Crippen molar-refractivity contribution in [3.05, 3.63) is 47.1 Å². The second-order valence-electron chi connectivity index (χ2n) is 4.20. The van der Waals surface area contributed by atoms with E-state index in [4.69, 9.17) is 14.4 Å². The zero-order valence-corrected chi connectivity index (χ0v) is 11.7. The lowest BCUT2D eigenvalue weighted by molar-refractivity contribution is 0.0431. The highest BCUT2D eigenvalue weighted by atomic mass is 32.2. The molecule has 0 bridgehead atoms. The molecular weight excluding hydrogens is 303 g/mol. The van der Waals surface area contributed by atoms with Gasteiger partial charge in [-0.3, -0.25) is 0 Å². The molecule has 0 unspecified atom stereocenters. The monoisotopic (exact) mass is 314 g/mol. The third-order valence-electron chi connectivity index (χ3n) is 2.51. The first kappa shape index (κ1) is 15.1. The van der Waals surface area contributed by atoms with E-state index < -0.39 is 27.4 Å². The first-order valence-electron chi connectivity index (χ1n) is 5.69. The van der Waals surface area contributed by atoms with Crippen molar-refractivity contribution in [2.24, 2.45) is 5.14 Å². The number of esters is 1. The number of carbonyl (C=O) groups excluding carboxylic acids is 1. The van der Waals surface area contributed by atoms with E-state index in [1.807, 2.05) is 0 Å². The molecule has 0 saturated heterocycles. The van der Waals surface area contributed by atoms with Crippen LogP contribution in [0.25, 0.3) is 0 Å². The van der Waals surface area contributed by atoms with Crippen LogP contribution in [0.15, 0.2) is 33.7 Å². The molecule has 21 heavy (non-hydrogen) atoms. The molecule has 0 fully saturated rings. The fourth-order valence-electron chi connectivity index (χ4n) is 1.54. The molecule has 2 rings (SSSR count). The van der Waals surface area contributed by atoms with Crippen LogP contribution in [0.2, 0.25) is 0 Å². The second kappa shape index (κ2) is 5.62. The van der Waals surface area contributed by atoms with Crippen molar-refractivity contribution in [3.8, 4) is 0 Å². The topological polar surface area (TPSA) is 112 Å². The lowest BCUT2D eigenvalue weighted by atomic mass is 10.2. The standard InChI is InChI=1S/C12H11FN2O5S/c1-7-4-8(20-15-7)6-19-12(16)10-5-9(21(14,17)18)2-3-11(10)13/h2-5H,6H2,1H3,(H2,14,17,18). The molecule has 1 aromatic heterocycles. The van der Waals surface area contributed by atoms with Crippen LogP contribution in [0.5, 0.6) is 0 Å². The van der Waals surface area contributed by atoms with Crippen molar-refractivity contribution in [1.82, 2.24) is 5.16 Å². The number of rotatable bonds is 4. The van der Waals surface area contributed by atoms with Gasteiger partial charge in [-0.25, -0.2) is 22.7 Å². The number of halogens is 1. The molecule has 1 aromatic carbocycles. The minimum absolute atomic E-state index is 0.251. The van der Waals surface area contributed by atoms with Gasteiger partial charge in [-0.15, -0.1) is 0 Å². The number of nitrogens with two attached hydrogens (primary N) is 1. The smallest absolute Gasteiger partial charge is 0.341 e. The number of aromatic nitrogens is 1. The SMILES string of the molecule is Cc1cc(COC(=O)c2cc(S(N)(=O)=O)ccc2F)on1. The zero-order chi connectivity index (χ0) is 15.6. The Hall–Kier alpha value is -2.26. The van der Waals surface area contributed by atoms with E-state index in [9.17, 15) is 17.6 Å². The number of hydrogen-bond acceptors (Lipinski definition) is 6. The normalized spacial score (nSPS) is 11.4. The van der Waals surface area contributed by atoms with Crippen molar-refractivity contribution in [3.63, 3.8) is 0 Å². The molecule has 7 nitrogen and oxygen atoms in total. The maximum Gasteiger partial charge on any atom is 0.341 e. The van der Waals surface area contributed by atoms with Crippen molar-refractivity contribution in [1.29, 1.82) is 0 Å². The highest BCUT2D eigenvalue weighted by Crippen LogP contribution is 2.16. The summed E-state index contributed by atoms with van der Waals surface area (Å²) in [5.41, 5.74) is 0.0706. The third-order valence-corrected chi connectivity index (χ3v) is 3.42. The number of hydrogen-bond donors (Lipinski definition) is 1. The summed E-state index contributed by atoms with van der Waals surface area (Å²) >= 11 is 0. The van der Waals surface area contributed by atoms with Crippen LogP contribution in [-0.4, -0.2) is 19.5 Å². The van der Waals surface area contributed by atoms with E-state index in [-0.39, 0.29) is 17.3 Å². The summed E-state index contributed by atoms with van der Waals surface area (Å²) in [7, 11) is -4.04. The number of carbonyl (C=O) groups is 1. The average Bonchev–Trinajstić information content (AvgIpc) is 2.81. The Morgan fingerprint density at radius 2 is 2.14 bits per heavy atom. The molecule has 0 atom stereocenters. The largest absolute Gasteiger partial charge is 0.454 e. The maximum atomic E-state index is 13.6. The van der Waals surface area contributed by atoms with E-state index >= 15 is 0 Å². The molecule has 0 aliphatic rings.